The minimum atomic E-state index is -0.730. The molecule has 94 valence electrons. The molecule has 0 amide bonds. The zero-order chi connectivity index (χ0) is 12.6. The maximum Gasteiger partial charge on any atom is 0.312 e. The normalized spacial score (nSPS) is 18.1. The van der Waals surface area contributed by atoms with E-state index in [1.54, 1.807) is 11.3 Å². The van der Waals surface area contributed by atoms with Crippen molar-refractivity contribution < 1.29 is 9.90 Å². The molecule has 1 aliphatic carbocycles. The Balaban J connectivity index is 2.29. The Bertz CT molecular complexity index is 421. The van der Waals surface area contributed by atoms with Crippen LogP contribution in [0.3, 0.4) is 0 Å². The van der Waals surface area contributed by atoms with Crippen LogP contribution in [0, 0.1) is 12.8 Å². The molecule has 1 aromatic heterocycles. The standard InChI is InChI=1S/C13H19NO2S/c1-7(2)10(13(15)16)11-8(3)14-12(17-11)9-5-4-6-9/h7,9-10H,4-6H2,1-3H3,(H,15,16). The predicted molar refractivity (Wildman–Crippen MR) is 68.7 cm³/mol. The fourth-order valence-electron chi connectivity index (χ4n) is 2.25. The molecule has 0 saturated heterocycles. The minimum absolute atomic E-state index is 0.112. The van der Waals surface area contributed by atoms with E-state index in [1.807, 2.05) is 20.8 Å². The second kappa shape index (κ2) is 4.77. The number of aryl methyl sites for hydroxylation is 1. The van der Waals surface area contributed by atoms with Crippen molar-refractivity contribution in [1.29, 1.82) is 0 Å². The lowest BCUT2D eigenvalue weighted by molar-refractivity contribution is -0.139. The molecule has 4 heteroatoms. The Morgan fingerprint density at radius 1 is 1.47 bits per heavy atom. The van der Waals surface area contributed by atoms with Gasteiger partial charge >= 0.3 is 5.97 Å². The van der Waals surface area contributed by atoms with Crippen LogP contribution in [-0.4, -0.2) is 16.1 Å². The van der Waals surface area contributed by atoms with Gasteiger partial charge in [-0.25, -0.2) is 4.98 Å². The van der Waals surface area contributed by atoms with Gasteiger partial charge in [-0.05, 0) is 25.7 Å². The first kappa shape index (κ1) is 12.6. The molecule has 2 rings (SSSR count). The molecular weight excluding hydrogens is 234 g/mol. The summed E-state index contributed by atoms with van der Waals surface area (Å²) < 4.78 is 0. The van der Waals surface area contributed by atoms with E-state index < -0.39 is 11.9 Å². The monoisotopic (exact) mass is 253 g/mol. The van der Waals surface area contributed by atoms with Crippen molar-refractivity contribution in [2.75, 3.05) is 0 Å². The Morgan fingerprint density at radius 3 is 2.53 bits per heavy atom. The first-order valence-electron chi connectivity index (χ1n) is 6.20. The summed E-state index contributed by atoms with van der Waals surface area (Å²) >= 11 is 1.62. The average molecular weight is 253 g/mol. The average Bonchev–Trinajstić information content (AvgIpc) is 2.43. The van der Waals surface area contributed by atoms with Gasteiger partial charge in [0.15, 0.2) is 0 Å². The highest BCUT2D eigenvalue weighted by atomic mass is 32.1. The molecule has 0 bridgehead atoms. The van der Waals surface area contributed by atoms with Crippen LogP contribution in [0.5, 0.6) is 0 Å². The van der Waals surface area contributed by atoms with Gasteiger partial charge in [-0.2, -0.15) is 0 Å². The lowest BCUT2D eigenvalue weighted by Gasteiger charge is -2.22. The third kappa shape index (κ3) is 2.37. The Hall–Kier alpha value is -0.900. The van der Waals surface area contributed by atoms with E-state index in [4.69, 9.17) is 0 Å². The smallest absolute Gasteiger partial charge is 0.312 e. The molecule has 1 fully saturated rings. The summed E-state index contributed by atoms with van der Waals surface area (Å²) in [5, 5.41) is 10.5. The Morgan fingerprint density at radius 2 is 2.12 bits per heavy atom. The second-order valence-corrected chi connectivity index (χ2v) is 6.25. The van der Waals surface area contributed by atoms with Crippen LogP contribution in [0.1, 0.15) is 60.5 Å². The fourth-order valence-corrected chi connectivity index (χ4v) is 3.75. The van der Waals surface area contributed by atoms with Crippen LogP contribution in [0.25, 0.3) is 0 Å². The van der Waals surface area contributed by atoms with Gasteiger partial charge < -0.3 is 5.11 Å². The molecule has 0 spiro atoms. The van der Waals surface area contributed by atoms with Gasteiger partial charge in [-0.1, -0.05) is 20.3 Å². The van der Waals surface area contributed by atoms with E-state index in [1.165, 1.54) is 19.3 Å². The molecule has 3 nitrogen and oxygen atoms in total. The zero-order valence-electron chi connectivity index (χ0n) is 10.6. The van der Waals surface area contributed by atoms with Gasteiger partial charge in [0, 0.05) is 10.8 Å². The van der Waals surface area contributed by atoms with E-state index in [0.717, 1.165) is 15.6 Å². The molecule has 1 atom stereocenters. The molecule has 0 aromatic carbocycles. The van der Waals surface area contributed by atoms with Gasteiger partial charge in [0.1, 0.15) is 0 Å². The van der Waals surface area contributed by atoms with E-state index >= 15 is 0 Å². The van der Waals surface area contributed by atoms with Crippen LogP contribution >= 0.6 is 11.3 Å². The molecule has 0 aliphatic heterocycles. The van der Waals surface area contributed by atoms with Gasteiger partial charge in [-0.3, -0.25) is 4.79 Å². The Kier molecular flexibility index (Phi) is 3.52. The molecular formula is C13H19NO2S. The Labute approximate surface area is 106 Å². The number of carboxylic acid groups (broad SMARTS) is 1. The summed E-state index contributed by atoms with van der Waals surface area (Å²) in [6.07, 6.45) is 3.71. The number of carboxylic acids is 1. The third-order valence-corrected chi connectivity index (χ3v) is 4.92. The summed E-state index contributed by atoms with van der Waals surface area (Å²) in [6.45, 7) is 5.86. The number of thiazole rings is 1. The van der Waals surface area contributed by atoms with E-state index in [-0.39, 0.29) is 5.92 Å². The van der Waals surface area contributed by atoms with Gasteiger partial charge in [0.25, 0.3) is 0 Å². The molecule has 1 aromatic rings. The molecule has 1 unspecified atom stereocenters. The summed E-state index contributed by atoms with van der Waals surface area (Å²) in [7, 11) is 0. The van der Waals surface area contributed by atoms with Gasteiger partial charge in [0.2, 0.25) is 0 Å². The lowest BCUT2D eigenvalue weighted by Crippen LogP contribution is -2.17. The molecule has 0 radical (unpaired) electrons. The molecule has 1 saturated carbocycles. The van der Waals surface area contributed by atoms with Crippen molar-refractivity contribution >= 4 is 17.3 Å². The predicted octanol–water partition coefficient (Wildman–Crippen LogP) is 3.54. The number of rotatable bonds is 4. The van der Waals surface area contributed by atoms with Crippen LogP contribution in [0.15, 0.2) is 0 Å². The largest absolute Gasteiger partial charge is 0.481 e. The highest BCUT2D eigenvalue weighted by Gasteiger charge is 2.30. The van der Waals surface area contributed by atoms with Crippen LogP contribution in [0.4, 0.5) is 0 Å². The van der Waals surface area contributed by atoms with Gasteiger partial charge in [0.05, 0.1) is 16.6 Å². The number of hydrogen-bond acceptors (Lipinski definition) is 3. The van der Waals surface area contributed by atoms with Crippen molar-refractivity contribution in [3.63, 3.8) is 0 Å². The van der Waals surface area contributed by atoms with Crippen molar-refractivity contribution in [2.24, 2.45) is 5.92 Å². The summed E-state index contributed by atoms with van der Waals surface area (Å²) in [5.74, 6) is -0.428. The first-order valence-corrected chi connectivity index (χ1v) is 7.02. The third-order valence-electron chi connectivity index (χ3n) is 3.52. The number of aromatic nitrogens is 1. The van der Waals surface area contributed by atoms with E-state index in [0.29, 0.717) is 5.92 Å². The molecule has 17 heavy (non-hydrogen) atoms. The van der Waals surface area contributed by atoms with Crippen molar-refractivity contribution in [2.45, 2.75) is 51.9 Å². The van der Waals surface area contributed by atoms with Crippen LogP contribution < -0.4 is 0 Å². The number of hydrogen-bond donors (Lipinski definition) is 1. The van der Waals surface area contributed by atoms with Crippen molar-refractivity contribution in [1.82, 2.24) is 4.98 Å². The molecule has 1 aliphatic rings. The lowest BCUT2D eigenvalue weighted by atomic mass is 9.86. The summed E-state index contributed by atoms with van der Waals surface area (Å²) in [6, 6.07) is 0. The minimum Gasteiger partial charge on any atom is -0.481 e. The van der Waals surface area contributed by atoms with Crippen molar-refractivity contribution in [3.8, 4) is 0 Å². The highest BCUT2D eigenvalue weighted by Crippen LogP contribution is 2.41. The van der Waals surface area contributed by atoms with Gasteiger partial charge in [-0.15, -0.1) is 11.3 Å². The molecule has 1 heterocycles. The summed E-state index contributed by atoms with van der Waals surface area (Å²) in [4.78, 5) is 16.9. The quantitative estimate of drug-likeness (QED) is 0.892. The van der Waals surface area contributed by atoms with E-state index in [2.05, 4.69) is 4.98 Å². The topological polar surface area (TPSA) is 50.2 Å². The fraction of sp³-hybridized carbons (Fsp3) is 0.692. The van der Waals surface area contributed by atoms with Crippen molar-refractivity contribution in [3.05, 3.63) is 15.6 Å². The SMILES string of the molecule is Cc1nc(C2CCC2)sc1C(C(=O)O)C(C)C. The maximum absolute atomic E-state index is 11.3. The van der Waals surface area contributed by atoms with Crippen LogP contribution in [-0.2, 0) is 4.79 Å². The van der Waals surface area contributed by atoms with E-state index in [9.17, 15) is 9.90 Å². The summed E-state index contributed by atoms with van der Waals surface area (Å²) in [5.41, 5.74) is 0.915. The highest BCUT2D eigenvalue weighted by molar-refractivity contribution is 7.12. The second-order valence-electron chi connectivity index (χ2n) is 5.19. The number of carbonyl (C=O) groups is 1. The number of nitrogens with zero attached hydrogens (tertiary/aromatic N) is 1. The van der Waals surface area contributed by atoms with Crippen LogP contribution in [0.2, 0.25) is 0 Å². The maximum atomic E-state index is 11.3. The zero-order valence-corrected chi connectivity index (χ0v) is 11.4. The number of aliphatic carboxylic acids is 1. The molecule has 1 N–H and O–H groups in total. The first-order chi connectivity index (χ1) is 8.00.